The molecule has 0 aliphatic heterocycles. The predicted octanol–water partition coefficient (Wildman–Crippen LogP) is 1.13. The number of amides is 2. The lowest BCUT2D eigenvalue weighted by atomic mass is 10.1. The van der Waals surface area contributed by atoms with Crippen LogP contribution >= 0.6 is 0 Å². The molecule has 0 aromatic carbocycles. The van der Waals surface area contributed by atoms with Crippen molar-refractivity contribution in [1.82, 2.24) is 15.5 Å². The summed E-state index contributed by atoms with van der Waals surface area (Å²) in [6.45, 7) is 9.91. The van der Waals surface area contributed by atoms with Crippen molar-refractivity contribution in [3.63, 3.8) is 0 Å². The van der Waals surface area contributed by atoms with E-state index in [2.05, 4.69) is 29.4 Å². The number of rotatable bonds is 10. The van der Waals surface area contributed by atoms with E-state index in [4.69, 9.17) is 5.11 Å². The summed E-state index contributed by atoms with van der Waals surface area (Å²) in [7, 11) is 0. The van der Waals surface area contributed by atoms with E-state index >= 15 is 0 Å². The monoisotopic (exact) mass is 273 g/mol. The third-order valence-electron chi connectivity index (χ3n) is 3.12. The number of carbonyl (C=O) groups is 2. The van der Waals surface area contributed by atoms with Crippen LogP contribution in [0.4, 0.5) is 4.79 Å². The highest BCUT2D eigenvalue weighted by molar-refractivity contribution is 5.74. The topological polar surface area (TPSA) is 81.7 Å². The number of carboxylic acids is 1. The van der Waals surface area contributed by atoms with Gasteiger partial charge in [0.2, 0.25) is 0 Å². The number of urea groups is 1. The van der Waals surface area contributed by atoms with Crippen LogP contribution in [0.25, 0.3) is 0 Å². The van der Waals surface area contributed by atoms with Crippen LogP contribution in [-0.4, -0.2) is 54.7 Å². The molecule has 0 aliphatic carbocycles. The van der Waals surface area contributed by atoms with Crippen LogP contribution in [-0.2, 0) is 4.79 Å². The van der Waals surface area contributed by atoms with Crippen LogP contribution in [0.3, 0.4) is 0 Å². The van der Waals surface area contributed by atoms with Gasteiger partial charge >= 0.3 is 12.0 Å². The molecule has 0 aliphatic rings. The Morgan fingerprint density at radius 2 is 1.74 bits per heavy atom. The first-order chi connectivity index (χ1) is 9.01. The molecule has 1 atom stereocenters. The van der Waals surface area contributed by atoms with Crippen molar-refractivity contribution >= 4 is 12.0 Å². The third-order valence-corrected chi connectivity index (χ3v) is 3.12. The van der Waals surface area contributed by atoms with Crippen molar-refractivity contribution in [2.24, 2.45) is 5.92 Å². The summed E-state index contributed by atoms with van der Waals surface area (Å²) in [5, 5.41) is 14.1. The first kappa shape index (κ1) is 17.7. The van der Waals surface area contributed by atoms with Crippen molar-refractivity contribution in [2.75, 3.05) is 32.7 Å². The van der Waals surface area contributed by atoms with Crippen molar-refractivity contribution in [3.05, 3.63) is 0 Å². The summed E-state index contributed by atoms with van der Waals surface area (Å²) >= 11 is 0. The zero-order valence-electron chi connectivity index (χ0n) is 12.2. The summed E-state index contributed by atoms with van der Waals surface area (Å²) in [6.07, 6.45) is 1.36. The Bertz CT molecular complexity index is 268. The first-order valence-electron chi connectivity index (χ1n) is 6.98. The van der Waals surface area contributed by atoms with Gasteiger partial charge in [-0.25, -0.2) is 4.79 Å². The van der Waals surface area contributed by atoms with Crippen LogP contribution in [0.15, 0.2) is 0 Å². The zero-order valence-corrected chi connectivity index (χ0v) is 12.2. The molecule has 0 radical (unpaired) electrons. The second-order valence-electron chi connectivity index (χ2n) is 4.59. The minimum atomic E-state index is -0.832. The van der Waals surface area contributed by atoms with Gasteiger partial charge in [-0.05, 0) is 32.5 Å². The summed E-state index contributed by atoms with van der Waals surface area (Å²) in [6, 6.07) is -0.225. The number of aliphatic carboxylic acids is 1. The highest BCUT2D eigenvalue weighted by atomic mass is 16.4. The number of hydrogen-bond acceptors (Lipinski definition) is 3. The molecule has 1 unspecified atom stereocenters. The Labute approximate surface area is 115 Å². The van der Waals surface area contributed by atoms with E-state index in [1.807, 2.05) is 0 Å². The van der Waals surface area contributed by atoms with Crippen molar-refractivity contribution in [1.29, 1.82) is 0 Å². The molecule has 0 saturated heterocycles. The number of nitrogens with zero attached hydrogens (tertiary/aromatic N) is 1. The second kappa shape index (κ2) is 10.6. The Hall–Kier alpha value is -1.30. The number of hydrogen-bond donors (Lipinski definition) is 3. The quantitative estimate of drug-likeness (QED) is 0.521. The second-order valence-corrected chi connectivity index (χ2v) is 4.59. The molecular weight excluding hydrogens is 246 g/mol. The van der Waals surface area contributed by atoms with Gasteiger partial charge in [-0.3, -0.25) is 4.79 Å². The minimum absolute atomic E-state index is 0.225. The van der Waals surface area contributed by atoms with E-state index in [1.165, 1.54) is 0 Å². The molecule has 2 amide bonds. The fraction of sp³-hybridized carbons (Fsp3) is 0.846. The first-order valence-corrected chi connectivity index (χ1v) is 6.98. The van der Waals surface area contributed by atoms with Crippen molar-refractivity contribution < 1.29 is 14.7 Å². The Morgan fingerprint density at radius 3 is 2.26 bits per heavy atom. The molecule has 0 aromatic rings. The molecule has 0 aromatic heterocycles. The Morgan fingerprint density at radius 1 is 1.16 bits per heavy atom. The van der Waals surface area contributed by atoms with Gasteiger partial charge in [0.1, 0.15) is 0 Å². The largest absolute Gasteiger partial charge is 0.481 e. The van der Waals surface area contributed by atoms with E-state index in [9.17, 15) is 9.59 Å². The van der Waals surface area contributed by atoms with E-state index in [-0.39, 0.29) is 6.03 Å². The minimum Gasteiger partial charge on any atom is -0.481 e. The average Bonchev–Trinajstić information content (AvgIpc) is 2.38. The molecular formula is C13H27N3O3. The summed E-state index contributed by atoms with van der Waals surface area (Å²) in [5.41, 5.74) is 0. The number of carboxylic acid groups (broad SMARTS) is 1. The molecule has 0 heterocycles. The molecule has 19 heavy (non-hydrogen) atoms. The zero-order chi connectivity index (χ0) is 14.7. The van der Waals surface area contributed by atoms with Gasteiger partial charge in [-0.15, -0.1) is 0 Å². The number of carbonyl (C=O) groups excluding carboxylic acids is 1. The van der Waals surface area contributed by atoms with Gasteiger partial charge < -0.3 is 20.6 Å². The Balaban J connectivity index is 3.52. The molecule has 6 nitrogen and oxygen atoms in total. The maximum absolute atomic E-state index is 11.4. The normalized spacial score (nSPS) is 12.2. The summed E-state index contributed by atoms with van der Waals surface area (Å²) in [5.74, 6) is -1.26. The van der Waals surface area contributed by atoms with E-state index in [1.54, 1.807) is 6.92 Å². The van der Waals surface area contributed by atoms with Gasteiger partial charge in [-0.1, -0.05) is 20.8 Å². The standard InChI is InChI=1S/C13H27N3O3/c1-4-16(5-2)10-6-8-14-13(19)15-9-7-11(3)12(17)18/h11H,4-10H2,1-3H3,(H,17,18)(H2,14,15,19). The average molecular weight is 273 g/mol. The predicted molar refractivity (Wildman–Crippen MR) is 75.2 cm³/mol. The van der Waals surface area contributed by atoms with Crippen molar-refractivity contribution in [2.45, 2.75) is 33.6 Å². The maximum atomic E-state index is 11.4. The van der Waals surface area contributed by atoms with Gasteiger partial charge in [0, 0.05) is 13.1 Å². The molecule has 0 bridgehead atoms. The van der Waals surface area contributed by atoms with Gasteiger partial charge in [0.05, 0.1) is 5.92 Å². The molecule has 0 fully saturated rings. The fourth-order valence-electron chi connectivity index (χ4n) is 1.63. The summed E-state index contributed by atoms with van der Waals surface area (Å²) < 4.78 is 0. The van der Waals surface area contributed by atoms with Crippen LogP contribution in [0, 0.1) is 5.92 Å². The van der Waals surface area contributed by atoms with Crippen LogP contribution in [0.1, 0.15) is 33.6 Å². The molecule has 0 rings (SSSR count). The van der Waals surface area contributed by atoms with Crippen molar-refractivity contribution in [3.8, 4) is 0 Å². The maximum Gasteiger partial charge on any atom is 0.314 e. The lowest BCUT2D eigenvalue weighted by Gasteiger charge is -2.17. The molecule has 6 heteroatoms. The lowest BCUT2D eigenvalue weighted by Crippen LogP contribution is -2.38. The van der Waals surface area contributed by atoms with Crippen LogP contribution < -0.4 is 10.6 Å². The third kappa shape index (κ3) is 9.30. The summed E-state index contributed by atoms with van der Waals surface area (Å²) in [4.78, 5) is 24.3. The molecule has 0 spiro atoms. The van der Waals surface area contributed by atoms with Gasteiger partial charge in [0.25, 0.3) is 0 Å². The molecule has 3 N–H and O–H groups in total. The van der Waals surface area contributed by atoms with Crippen LogP contribution in [0.2, 0.25) is 0 Å². The van der Waals surface area contributed by atoms with E-state index in [0.29, 0.717) is 19.5 Å². The van der Waals surface area contributed by atoms with Gasteiger partial charge in [-0.2, -0.15) is 0 Å². The smallest absolute Gasteiger partial charge is 0.314 e. The van der Waals surface area contributed by atoms with Gasteiger partial charge in [0.15, 0.2) is 0 Å². The Kier molecular flexibility index (Phi) is 9.88. The van der Waals surface area contributed by atoms with E-state index in [0.717, 1.165) is 26.1 Å². The lowest BCUT2D eigenvalue weighted by molar-refractivity contribution is -0.141. The highest BCUT2D eigenvalue weighted by Gasteiger charge is 2.10. The fourth-order valence-corrected chi connectivity index (χ4v) is 1.63. The van der Waals surface area contributed by atoms with E-state index < -0.39 is 11.9 Å². The molecule has 112 valence electrons. The number of nitrogens with one attached hydrogen (secondary N) is 2. The SMILES string of the molecule is CCN(CC)CCCNC(=O)NCCC(C)C(=O)O. The highest BCUT2D eigenvalue weighted by Crippen LogP contribution is 1.99. The van der Waals surface area contributed by atoms with Crippen LogP contribution in [0.5, 0.6) is 0 Å². The molecule has 0 saturated carbocycles.